The van der Waals surface area contributed by atoms with Gasteiger partial charge in [-0.3, -0.25) is 18.9 Å². The number of carbonyl (C=O) groups excluding carboxylic acids is 1. The Kier molecular flexibility index (Phi) is 6.69. The summed E-state index contributed by atoms with van der Waals surface area (Å²) in [5.41, 5.74) is 1.74. The molecule has 0 spiro atoms. The SMILES string of the molecule is CCCCN1C(=O)/C(=C/c2c(N3C[C@@H](C)O[C@H](C)C3)nc3c(C)cccn3c2=O)SC1=S. The molecule has 170 valence electrons. The number of pyridine rings is 1. The lowest BCUT2D eigenvalue weighted by molar-refractivity contribution is -0.122. The van der Waals surface area contributed by atoms with E-state index >= 15 is 0 Å². The van der Waals surface area contributed by atoms with Gasteiger partial charge in [0.05, 0.1) is 22.7 Å². The number of nitrogens with zero attached hydrogens (tertiary/aromatic N) is 4. The molecule has 0 saturated carbocycles. The first kappa shape index (κ1) is 22.9. The fraction of sp³-hybridized carbons (Fsp3) is 0.478. The fourth-order valence-corrected chi connectivity index (χ4v) is 5.45. The van der Waals surface area contributed by atoms with Gasteiger partial charge in [0, 0.05) is 25.8 Å². The number of ether oxygens (including phenoxy) is 1. The van der Waals surface area contributed by atoms with Crippen LogP contribution in [0.3, 0.4) is 0 Å². The summed E-state index contributed by atoms with van der Waals surface area (Å²) in [5.74, 6) is 0.446. The van der Waals surface area contributed by atoms with E-state index in [4.69, 9.17) is 21.9 Å². The molecule has 2 aromatic rings. The Labute approximate surface area is 197 Å². The molecule has 32 heavy (non-hydrogen) atoms. The van der Waals surface area contributed by atoms with Gasteiger partial charge in [-0.05, 0) is 44.9 Å². The summed E-state index contributed by atoms with van der Waals surface area (Å²) in [6.07, 6.45) is 5.27. The van der Waals surface area contributed by atoms with Gasteiger partial charge in [-0.15, -0.1) is 0 Å². The topological polar surface area (TPSA) is 67.2 Å². The van der Waals surface area contributed by atoms with Crippen LogP contribution in [-0.4, -0.2) is 56.4 Å². The van der Waals surface area contributed by atoms with Gasteiger partial charge in [0.15, 0.2) is 0 Å². The second-order valence-electron chi connectivity index (χ2n) is 8.39. The first-order valence-electron chi connectivity index (χ1n) is 11.0. The molecule has 2 aliphatic rings. The Hall–Kier alpha value is -2.23. The number of aromatic nitrogens is 2. The third kappa shape index (κ3) is 4.33. The zero-order valence-corrected chi connectivity index (χ0v) is 20.5. The number of rotatable bonds is 5. The molecule has 9 heteroatoms. The van der Waals surface area contributed by atoms with Gasteiger partial charge in [-0.1, -0.05) is 43.4 Å². The number of unbranched alkanes of at least 4 members (excludes halogenated alkanes) is 1. The minimum Gasteiger partial charge on any atom is -0.372 e. The molecule has 0 aromatic carbocycles. The highest BCUT2D eigenvalue weighted by Gasteiger charge is 2.33. The quantitative estimate of drug-likeness (QED) is 0.486. The normalized spacial score (nSPS) is 23.1. The summed E-state index contributed by atoms with van der Waals surface area (Å²) in [6, 6.07) is 3.77. The molecule has 2 saturated heterocycles. The molecular weight excluding hydrogens is 444 g/mol. The molecule has 0 radical (unpaired) electrons. The van der Waals surface area contributed by atoms with Crippen molar-refractivity contribution < 1.29 is 9.53 Å². The van der Waals surface area contributed by atoms with Crippen molar-refractivity contribution >= 4 is 51.7 Å². The summed E-state index contributed by atoms with van der Waals surface area (Å²) in [5, 5.41) is 0. The molecule has 0 unspecified atom stereocenters. The van der Waals surface area contributed by atoms with E-state index in [9.17, 15) is 9.59 Å². The maximum absolute atomic E-state index is 13.6. The molecule has 0 aliphatic carbocycles. The molecule has 2 atom stereocenters. The highest BCUT2D eigenvalue weighted by atomic mass is 32.2. The summed E-state index contributed by atoms with van der Waals surface area (Å²) in [7, 11) is 0. The summed E-state index contributed by atoms with van der Waals surface area (Å²) < 4.78 is 7.97. The number of amides is 1. The monoisotopic (exact) mass is 472 g/mol. The average molecular weight is 473 g/mol. The van der Waals surface area contributed by atoms with E-state index in [1.165, 1.54) is 11.8 Å². The Balaban J connectivity index is 1.85. The third-order valence-corrected chi connectivity index (χ3v) is 7.05. The van der Waals surface area contributed by atoms with E-state index < -0.39 is 0 Å². The Morgan fingerprint density at radius 3 is 2.69 bits per heavy atom. The molecule has 2 fully saturated rings. The maximum atomic E-state index is 13.6. The van der Waals surface area contributed by atoms with Gasteiger partial charge in [0.2, 0.25) is 0 Å². The van der Waals surface area contributed by atoms with E-state index in [0.717, 1.165) is 18.4 Å². The molecule has 1 amide bonds. The molecule has 0 bridgehead atoms. The van der Waals surface area contributed by atoms with Gasteiger partial charge in [0.25, 0.3) is 11.5 Å². The smallest absolute Gasteiger partial charge is 0.267 e. The number of morpholine rings is 1. The van der Waals surface area contributed by atoms with E-state index in [0.29, 0.717) is 45.9 Å². The van der Waals surface area contributed by atoms with Crippen molar-refractivity contribution in [3.8, 4) is 0 Å². The van der Waals surface area contributed by atoms with Crippen molar-refractivity contribution in [2.75, 3.05) is 24.5 Å². The predicted octanol–water partition coefficient (Wildman–Crippen LogP) is 3.62. The van der Waals surface area contributed by atoms with Crippen LogP contribution >= 0.6 is 24.0 Å². The third-order valence-electron chi connectivity index (χ3n) is 5.67. The Bertz CT molecular complexity index is 1150. The number of hydrogen-bond donors (Lipinski definition) is 0. The molecule has 0 N–H and O–H groups in total. The largest absolute Gasteiger partial charge is 0.372 e. The van der Waals surface area contributed by atoms with Crippen molar-refractivity contribution in [2.45, 2.75) is 52.7 Å². The second-order valence-corrected chi connectivity index (χ2v) is 10.1. The van der Waals surface area contributed by atoms with Gasteiger partial charge < -0.3 is 9.64 Å². The number of anilines is 1. The van der Waals surface area contributed by atoms with Crippen LogP contribution in [0.1, 0.15) is 44.7 Å². The van der Waals surface area contributed by atoms with E-state index in [-0.39, 0.29) is 23.7 Å². The predicted molar refractivity (Wildman–Crippen MR) is 133 cm³/mol. The van der Waals surface area contributed by atoms with Gasteiger partial charge in [-0.25, -0.2) is 4.98 Å². The first-order chi connectivity index (χ1) is 15.3. The fourth-order valence-electron chi connectivity index (χ4n) is 4.16. The van der Waals surface area contributed by atoms with Crippen LogP contribution in [0, 0.1) is 6.92 Å². The molecular formula is C23H28N4O3S2. The van der Waals surface area contributed by atoms with Crippen molar-refractivity contribution in [1.29, 1.82) is 0 Å². The van der Waals surface area contributed by atoms with Gasteiger partial charge >= 0.3 is 0 Å². The zero-order chi connectivity index (χ0) is 23.0. The van der Waals surface area contributed by atoms with E-state index in [2.05, 4.69) is 11.8 Å². The van der Waals surface area contributed by atoms with Crippen molar-refractivity contribution in [3.05, 3.63) is 44.7 Å². The minimum atomic E-state index is -0.195. The lowest BCUT2D eigenvalue weighted by Crippen LogP contribution is -2.46. The standard InChI is InChI=1S/C23H28N4O3S2/c1-5-6-9-27-22(29)18(32-23(27)31)11-17-20(25-12-15(3)30-16(4)13-25)24-19-14(2)8-7-10-26(19)21(17)28/h7-8,10-11,15-16H,5-6,9,12-13H2,1-4H3/b18-11-/t15-,16-/m1/s1. The number of fused-ring (bicyclic) bond motifs is 1. The average Bonchev–Trinajstić information content (AvgIpc) is 3.00. The molecule has 4 heterocycles. The highest BCUT2D eigenvalue weighted by molar-refractivity contribution is 8.26. The lowest BCUT2D eigenvalue weighted by atomic mass is 10.1. The second kappa shape index (κ2) is 9.33. The summed E-state index contributed by atoms with van der Waals surface area (Å²) in [4.78, 5) is 35.7. The van der Waals surface area contributed by atoms with Crippen molar-refractivity contribution in [3.63, 3.8) is 0 Å². The maximum Gasteiger partial charge on any atom is 0.267 e. The van der Waals surface area contributed by atoms with E-state index in [1.807, 2.05) is 32.9 Å². The van der Waals surface area contributed by atoms with Crippen LogP contribution in [0.2, 0.25) is 0 Å². The van der Waals surface area contributed by atoms with Gasteiger partial charge in [0.1, 0.15) is 15.8 Å². The van der Waals surface area contributed by atoms with Crippen LogP contribution in [0.4, 0.5) is 5.82 Å². The highest BCUT2D eigenvalue weighted by Crippen LogP contribution is 2.34. The molecule has 2 aliphatic heterocycles. The summed E-state index contributed by atoms with van der Waals surface area (Å²) >= 11 is 6.69. The van der Waals surface area contributed by atoms with Gasteiger partial charge in [-0.2, -0.15) is 0 Å². The van der Waals surface area contributed by atoms with Crippen molar-refractivity contribution in [1.82, 2.24) is 14.3 Å². The number of hydrogen-bond acceptors (Lipinski definition) is 7. The number of thiocarbonyl (C=S) groups is 1. The first-order valence-corrected chi connectivity index (χ1v) is 12.2. The zero-order valence-electron chi connectivity index (χ0n) is 18.8. The van der Waals surface area contributed by atoms with Crippen LogP contribution in [0.15, 0.2) is 28.0 Å². The van der Waals surface area contributed by atoms with Crippen molar-refractivity contribution in [2.24, 2.45) is 0 Å². The van der Waals surface area contributed by atoms with Crippen LogP contribution in [-0.2, 0) is 9.53 Å². The molecule has 4 rings (SSSR count). The molecule has 2 aromatic heterocycles. The summed E-state index contributed by atoms with van der Waals surface area (Å²) in [6.45, 7) is 9.88. The van der Waals surface area contributed by atoms with Crippen LogP contribution in [0.25, 0.3) is 11.7 Å². The number of thioether (sulfide) groups is 1. The Morgan fingerprint density at radius 1 is 1.28 bits per heavy atom. The lowest BCUT2D eigenvalue weighted by Gasteiger charge is -2.36. The van der Waals surface area contributed by atoms with E-state index in [1.54, 1.807) is 21.6 Å². The molecule has 7 nitrogen and oxygen atoms in total. The van der Waals surface area contributed by atoms with Crippen LogP contribution in [0.5, 0.6) is 0 Å². The number of aryl methyl sites for hydroxylation is 1. The minimum absolute atomic E-state index is 0.0102. The number of carbonyl (C=O) groups is 1. The van der Waals surface area contributed by atoms with Crippen LogP contribution < -0.4 is 10.5 Å². The Morgan fingerprint density at radius 2 is 2.00 bits per heavy atom.